The molecule has 0 aliphatic heterocycles. The lowest BCUT2D eigenvalue weighted by atomic mass is 9.66. The molecule has 0 atom stereocenters. The van der Waals surface area contributed by atoms with Crippen molar-refractivity contribution in [1.29, 1.82) is 0 Å². The van der Waals surface area contributed by atoms with Gasteiger partial charge in [0, 0.05) is 44.2 Å². The molecule has 3 heterocycles. The van der Waals surface area contributed by atoms with E-state index in [4.69, 9.17) is 34.3 Å². The van der Waals surface area contributed by atoms with Gasteiger partial charge in [0.25, 0.3) is 0 Å². The molecule has 0 unspecified atom stereocenters. The third-order valence-electron chi connectivity index (χ3n) is 29.9. The van der Waals surface area contributed by atoms with Crippen molar-refractivity contribution in [2.24, 2.45) is 0 Å². The number of rotatable bonds is 11. The van der Waals surface area contributed by atoms with E-state index < -0.39 is 10.8 Å². The summed E-state index contributed by atoms with van der Waals surface area (Å²) in [6.45, 7) is 0. The topological polar surface area (TPSA) is 90.5 Å². The lowest BCUT2D eigenvalue weighted by Gasteiger charge is -2.35. The third kappa shape index (κ3) is 13.6. The Morgan fingerprint density at radius 2 is 0.420 bits per heavy atom. The Morgan fingerprint density at radius 3 is 0.832 bits per heavy atom. The number of aromatic nitrogens is 6. The third-order valence-corrected chi connectivity index (χ3v) is 29.9. The van der Waals surface area contributed by atoms with E-state index in [1.165, 1.54) is 156 Å². The molecule has 21 aromatic carbocycles. The first-order valence-electron chi connectivity index (χ1n) is 48.7. The lowest BCUT2D eigenvalue weighted by Crippen LogP contribution is -2.29. The van der Waals surface area contributed by atoms with E-state index in [0.29, 0.717) is 34.9 Å². The van der Waals surface area contributed by atoms with E-state index in [-0.39, 0.29) is 7.43 Å². The van der Waals surface area contributed by atoms with Gasteiger partial charge in [0.2, 0.25) is 0 Å². The fraction of sp³-hybridized carbons (Fsp3) is 0.0294. The van der Waals surface area contributed by atoms with Gasteiger partial charge in [-0.2, -0.15) is 0 Å². The molecule has 0 saturated carbocycles. The zero-order chi connectivity index (χ0) is 93.5. The second-order valence-corrected chi connectivity index (χ2v) is 37.6. The molecule has 668 valence electrons. The minimum Gasteiger partial charge on any atom is -0.456 e. The molecule has 7 nitrogen and oxygen atoms in total. The summed E-state index contributed by atoms with van der Waals surface area (Å²) in [7, 11) is 0. The van der Waals surface area contributed by atoms with Crippen molar-refractivity contribution in [3.8, 4) is 202 Å². The van der Waals surface area contributed by atoms with Crippen LogP contribution >= 0.6 is 0 Å². The van der Waals surface area contributed by atoms with Crippen LogP contribution in [0.5, 0.6) is 0 Å². The Labute approximate surface area is 830 Å². The SMILES string of the molecule is C.c1ccc(-c2cc(-c3ccccc3)cc(-c3ccc(-c4nc(-c5ccc6c(c5)-c5ccccc5C65c6ccccc6-c6ccccc6-c6ccccc65)nc(-c5cccc6c5-c5ccccc5C6)n4)cc3)c2)cc1.c1ccc(-c2cc(-c3ccccc3)cc(-c3nc(-c4ccc5c(c4)-c4ccccc4C54c5ccccc5-c5ccccc5-c5ccccc54)nc(-c4ccc5oc6ccccc6c5c4)n3)c2)cc1. The lowest BCUT2D eigenvalue weighted by molar-refractivity contribution is 0.669. The number of para-hydroxylation sites is 1. The van der Waals surface area contributed by atoms with Crippen LogP contribution in [-0.2, 0) is 17.3 Å². The molecular formula is C136H88N6O. The fourth-order valence-electron chi connectivity index (χ4n) is 23.7. The maximum atomic E-state index is 6.28. The quantitative estimate of drug-likeness (QED) is 0.127. The van der Waals surface area contributed by atoms with Crippen molar-refractivity contribution in [2.45, 2.75) is 24.7 Å². The van der Waals surface area contributed by atoms with Gasteiger partial charge in [-0.1, -0.05) is 432 Å². The molecule has 29 rings (SSSR count). The molecule has 2 spiro atoms. The molecule has 0 amide bonds. The Morgan fingerprint density at radius 1 is 0.154 bits per heavy atom. The Hall–Kier alpha value is -18.6. The predicted molar refractivity (Wildman–Crippen MR) is 585 cm³/mol. The summed E-state index contributed by atoms with van der Waals surface area (Å²) in [5, 5.41) is 2.07. The number of benzene rings is 21. The number of fused-ring (bicyclic) bond motifs is 30. The summed E-state index contributed by atoms with van der Waals surface area (Å²) >= 11 is 0. The molecule has 0 saturated heterocycles. The van der Waals surface area contributed by atoms with Gasteiger partial charge in [0.15, 0.2) is 34.9 Å². The average Bonchev–Trinajstić information content (AvgIpc) is 1.52. The van der Waals surface area contributed by atoms with E-state index in [2.05, 4.69) is 473 Å². The molecule has 24 aromatic rings. The maximum Gasteiger partial charge on any atom is 0.164 e. The van der Waals surface area contributed by atoms with Gasteiger partial charge >= 0.3 is 0 Å². The van der Waals surface area contributed by atoms with Crippen molar-refractivity contribution in [1.82, 2.24) is 29.9 Å². The van der Waals surface area contributed by atoms with Crippen LogP contribution in [0.15, 0.2) is 502 Å². The fourth-order valence-corrected chi connectivity index (χ4v) is 23.7. The average molecular weight is 1820 g/mol. The summed E-state index contributed by atoms with van der Waals surface area (Å²) in [6.07, 6.45) is 0.881. The van der Waals surface area contributed by atoms with E-state index in [0.717, 1.165) is 95.1 Å². The van der Waals surface area contributed by atoms with Gasteiger partial charge < -0.3 is 4.42 Å². The van der Waals surface area contributed by atoms with Gasteiger partial charge in [0.1, 0.15) is 11.2 Å². The van der Waals surface area contributed by atoms with Crippen molar-refractivity contribution in [3.05, 3.63) is 553 Å². The van der Waals surface area contributed by atoms with Gasteiger partial charge in [-0.3, -0.25) is 0 Å². The molecule has 0 radical (unpaired) electrons. The summed E-state index contributed by atoms with van der Waals surface area (Å²) in [4.78, 5) is 32.4. The number of hydrogen-bond donors (Lipinski definition) is 0. The molecule has 0 bridgehead atoms. The highest BCUT2D eigenvalue weighted by atomic mass is 16.3. The van der Waals surface area contributed by atoms with Crippen LogP contribution in [0.4, 0.5) is 0 Å². The monoisotopic (exact) mass is 1820 g/mol. The first-order valence-corrected chi connectivity index (χ1v) is 48.7. The highest BCUT2D eigenvalue weighted by molar-refractivity contribution is 6.07. The molecule has 7 heteroatoms. The normalized spacial score (nSPS) is 12.8. The van der Waals surface area contributed by atoms with E-state index in [1.807, 2.05) is 24.3 Å². The molecule has 0 fully saturated rings. The molecule has 0 N–H and O–H groups in total. The minimum atomic E-state index is -0.583. The van der Waals surface area contributed by atoms with Crippen LogP contribution in [-0.4, -0.2) is 29.9 Å². The summed E-state index contributed by atoms with van der Waals surface area (Å²) in [5.41, 5.74) is 47.4. The van der Waals surface area contributed by atoms with Gasteiger partial charge in [-0.25, -0.2) is 29.9 Å². The molecule has 3 aromatic heterocycles. The first-order chi connectivity index (χ1) is 70.4. The first kappa shape index (κ1) is 83.8. The summed E-state index contributed by atoms with van der Waals surface area (Å²) in [5.74, 6) is 3.71. The van der Waals surface area contributed by atoms with Crippen molar-refractivity contribution in [2.75, 3.05) is 0 Å². The van der Waals surface area contributed by atoms with E-state index in [1.54, 1.807) is 0 Å². The largest absolute Gasteiger partial charge is 0.456 e. The smallest absolute Gasteiger partial charge is 0.164 e. The van der Waals surface area contributed by atoms with Crippen LogP contribution in [0, 0.1) is 0 Å². The van der Waals surface area contributed by atoms with Crippen molar-refractivity contribution < 1.29 is 4.42 Å². The molecule has 5 aliphatic rings. The highest BCUT2D eigenvalue weighted by Crippen LogP contribution is 2.65. The number of furan rings is 1. The molecular weight excluding hydrogens is 1730 g/mol. The van der Waals surface area contributed by atoms with Gasteiger partial charge in [-0.15, -0.1) is 0 Å². The Kier molecular flexibility index (Phi) is 19.9. The predicted octanol–water partition coefficient (Wildman–Crippen LogP) is 34.2. The van der Waals surface area contributed by atoms with Crippen molar-refractivity contribution in [3.63, 3.8) is 0 Å². The van der Waals surface area contributed by atoms with Crippen LogP contribution in [0.1, 0.15) is 63.1 Å². The van der Waals surface area contributed by atoms with Crippen LogP contribution < -0.4 is 0 Å². The van der Waals surface area contributed by atoms with Crippen LogP contribution in [0.25, 0.3) is 224 Å². The van der Waals surface area contributed by atoms with Crippen LogP contribution in [0.3, 0.4) is 0 Å². The van der Waals surface area contributed by atoms with E-state index in [9.17, 15) is 0 Å². The molecule has 143 heavy (non-hydrogen) atoms. The second-order valence-electron chi connectivity index (χ2n) is 37.6. The summed E-state index contributed by atoms with van der Waals surface area (Å²) < 4.78 is 6.28. The van der Waals surface area contributed by atoms with Gasteiger partial charge in [-0.05, 0) is 268 Å². The summed E-state index contributed by atoms with van der Waals surface area (Å²) in [6, 6.07) is 180. The Bertz CT molecular complexity index is 9010. The standard InChI is InChI=1S/C71H45N3.C64H39N3O.CH4/c1-3-18-45(19-4-1)52-41-53(46-20-5-2-6-21-46)43-54(42-52)47-34-36-48(37-35-47)68-72-69(74-70(73-68)61-30-17-23-50-40-49-22-7-8-24-55(49)67(50)61)51-38-39-66-62(44-51)60-29-13-16-33-65(60)71(66)63-31-14-11-27-58(63)56-25-9-10-26-57(56)59-28-12-15-32-64(59)71;1-3-17-40(18-4-1)44-35-45(41-19-5-2-6-20-41)37-46(36-44)63-66-61(65-62(67-63)43-32-34-60-54(39-43)52-26-12-16-30-59(52)68-60)42-31-33-58-53(38-42)51-25-11-15-29-57(51)64(58)55-27-13-9-23-49(55)47-21-7-8-22-48(47)50-24-10-14-28-56(50)64;/h1-39,41-44H,40H2;1-39H;1H4. The maximum absolute atomic E-state index is 6.28. The number of hydrogen-bond acceptors (Lipinski definition) is 7. The Balaban J connectivity index is 0.000000142. The zero-order valence-electron chi connectivity index (χ0n) is 77.1. The molecule has 5 aliphatic carbocycles. The second kappa shape index (κ2) is 34.0. The zero-order valence-corrected chi connectivity index (χ0v) is 77.1. The highest BCUT2D eigenvalue weighted by Gasteiger charge is 2.52. The van der Waals surface area contributed by atoms with Gasteiger partial charge in [0.05, 0.1) is 10.8 Å². The number of nitrogens with zero attached hydrogens (tertiary/aromatic N) is 6. The van der Waals surface area contributed by atoms with E-state index >= 15 is 0 Å². The van der Waals surface area contributed by atoms with Crippen LogP contribution in [0.2, 0.25) is 0 Å². The minimum absolute atomic E-state index is 0. The van der Waals surface area contributed by atoms with Crippen molar-refractivity contribution >= 4 is 21.9 Å².